The number of aromatic nitrogens is 1. The molecule has 0 spiro atoms. The second-order valence-corrected chi connectivity index (χ2v) is 7.97. The summed E-state index contributed by atoms with van der Waals surface area (Å²) in [4.78, 5) is 16.6. The first-order valence-corrected chi connectivity index (χ1v) is 10.0. The third kappa shape index (κ3) is 4.37. The lowest BCUT2D eigenvalue weighted by Crippen LogP contribution is -2.14. The summed E-state index contributed by atoms with van der Waals surface area (Å²) in [6.07, 6.45) is 1.59. The molecule has 0 atom stereocenters. The van der Waals surface area contributed by atoms with E-state index in [4.69, 9.17) is 4.18 Å². The third-order valence-electron chi connectivity index (χ3n) is 4.18. The molecule has 0 bridgehead atoms. The smallest absolute Gasteiger partial charge is 0.339 e. The number of pyridine rings is 1. The van der Waals surface area contributed by atoms with Crippen LogP contribution in [0.4, 0.5) is 5.82 Å². The molecule has 1 amide bonds. The summed E-state index contributed by atoms with van der Waals surface area (Å²) >= 11 is 0. The lowest BCUT2D eigenvalue weighted by Gasteiger charge is -2.11. The van der Waals surface area contributed by atoms with E-state index >= 15 is 0 Å². The number of anilines is 1. The van der Waals surface area contributed by atoms with Crippen molar-refractivity contribution in [2.24, 2.45) is 0 Å². The molecule has 2 aromatic carbocycles. The molecule has 7 heteroatoms. The Morgan fingerprint density at radius 2 is 1.68 bits per heavy atom. The molecule has 0 radical (unpaired) electrons. The average Bonchev–Trinajstić information content (AvgIpc) is 2.65. The first-order valence-electron chi connectivity index (χ1n) is 8.61. The molecule has 3 rings (SSSR count). The van der Waals surface area contributed by atoms with Crippen LogP contribution in [0, 0.1) is 20.8 Å². The van der Waals surface area contributed by atoms with Crippen molar-refractivity contribution in [2.45, 2.75) is 25.7 Å². The van der Waals surface area contributed by atoms with E-state index in [0.717, 1.165) is 11.1 Å². The molecule has 0 unspecified atom stereocenters. The van der Waals surface area contributed by atoms with Gasteiger partial charge in [-0.05, 0) is 73.9 Å². The lowest BCUT2D eigenvalue weighted by molar-refractivity contribution is 0.102. The molecule has 0 saturated carbocycles. The zero-order valence-corrected chi connectivity index (χ0v) is 16.6. The van der Waals surface area contributed by atoms with E-state index in [1.165, 1.54) is 24.3 Å². The van der Waals surface area contributed by atoms with Crippen molar-refractivity contribution in [3.8, 4) is 5.75 Å². The van der Waals surface area contributed by atoms with E-state index in [2.05, 4.69) is 10.3 Å². The predicted octanol–water partition coefficient (Wildman–Crippen LogP) is 4.03. The van der Waals surface area contributed by atoms with Gasteiger partial charge in [-0.2, -0.15) is 8.42 Å². The highest BCUT2D eigenvalue weighted by Crippen LogP contribution is 2.23. The van der Waals surface area contributed by atoms with Gasteiger partial charge in [-0.1, -0.05) is 18.2 Å². The van der Waals surface area contributed by atoms with Crippen molar-refractivity contribution in [1.29, 1.82) is 0 Å². The highest BCUT2D eigenvalue weighted by molar-refractivity contribution is 7.87. The van der Waals surface area contributed by atoms with E-state index in [0.29, 0.717) is 16.9 Å². The summed E-state index contributed by atoms with van der Waals surface area (Å²) in [5.41, 5.74) is 2.63. The summed E-state index contributed by atoms with van der Waals surface area (Å²) < 4.78 is 30.3. The third-order valence-corrected chi connectivity index (χ3v) is 5.57. The molecule has 1 heterocycles. The molecule has 28 heavy (non-hydrogen) atoms. The minimum atomic E-state index is -3.96. The van der Waals surface area contributed by atoms with Gasteiger partial charge in [0.1, 0.15) is 16.5 Å². The van der Waals surface area contributed by atoms with Crippen LogP contribution in [-0.2, 0) is 10.1 Å². The lowest BCUT2D eigenvalue weighted by atomic mass is 10.2. The fraction of sp³-hybridized carbons (Fsp3) is 0.143. The van der Waals surface area contributed by atoms with Gasteiger partial charge in [0.15, 0.2) is 0 Å². The van der Waals surface area contributed by atoms with Crippen molar-refractivity contribution < 1.29 is 17.4 Å². The van der Waals surface area contributed by atoms with E-state index in [9.17, 15) is 13.2 Å². The summed E-state index contributed by atoms with van der Waals surface area (Å²) in [5.74, 6) is 0.266. The Balaban J connectivity index is 1.76. The Hall–Kier alpha value is -3.19. The maximum atomic E-state index is 12.6. The molecular weight excluding hydrogens is 376 g/mol. The molecule has 0 aliphatic heterocycles. The first kappa shape index (κ1) is 19.6. The number of amides is 1. The highest BCUT2D eigenvalue weighted by atomic mass is 32.2. The maximum absolute atomic E-state index is 12.6. The van der Waals surface area contributed by atoms with Gasteiger partial charge < -0.3 is 9.50 Å². The number of nitrogens with one attached hydrogen (secondary N) is 1. The first-order chi connectivity index (χ1) is 13.3. The van der Waals surface area contributed by atoms with Crippen LogP contribution in [0.25, 0.3) is 0 Å². The second-order valence-electron chi connectivity index (χ2n) is 6.45. The second kappa shape index (κ2) is 7.82. The van der Waals surface area contributed by atoms with Crippen molar-refractivity contribution in [3.05, 3.63) is 83.0 Å². The van der Waals surface area contributed by atoms with Gasteiger partial charge in [0, 0.05) is 11.8 Å². The van der Waals surface area contributed by atoms with Gasteiger partial charge >= 0.3 is 10.1 Å². The van der Waals surface area contributed by atoms with Crippen molar-refractivity contribution in [1.82, 2.24) is 4.98 Å². The van der Waals surface area contributed by atoms with Gasteiger partial charge in [0.25, 0.3) is 5.91 Å². The molecular formula is C21H20N2O4S. The summed E-state index contributed by atoms with van der Waals surface area (Å²) in [6, 6.07) is 14.7. The zero-order valence-electron chi connectivity index (χ0n) is 15.8. The maximum Gasteiger partial charge on any atom is 0.339 e. The number of hydrogen-bond acceptors (Lipinski definition) is 5. The number of carbonyl (C=O) groups excluding carboxylic acids is 1. The number of aryl methyl sites for hydroxylation is 3. The summed E-state index contributed by atoms with van der Waals surface area (Å²) in [6.45, 7) is 5.37. The normalized spacial score (nSPS) is 11.1. The van der Waals surface area contributed by atoms with Crippen molar-refractivity contribution >= 4 is 21.8 Å². The molecule has 1 aromatic heterocycles. The van der Waals surface area contributed by atoms with Crippen LogP contribution >= 0.6 is 0 Å². The van der Waals surface area contributed by atoms with Crippen molar-refractivity contribution in [3.63, 3.8) is 0 Å². The molecule has 6 nitrogen and oxygen atoms in total. The van der Waals surface area contributed by atoms with E-state index in [-0.39, 0.29) is 16.6 Å². The topological polar surface area (TPSA) is 85.4 Å². The van der Waals surface area contributed by atoms with Crippen LogP contribution < -0.4 is 9.50 Å². The SMILES string of the molecule is Cc1ccc(C)c(S(=O)(=O)Oc2ccc(C(=O)Nc3ncccc3C)cc2)c1. The average molecular weight is 396 g/mol. The number of benzene rings is 2. The Morgan fingerprint density at radius 3 is 2.36 bits per heavy atom. The minimum absolute atomic E-state index is 0.125. The summed E-state index contributed by atoms with van der Waals surface area (Å²) in [5, 5.41) is 2.72. The van der Waals surface area contributed by atoms with Crippen LogP contribution in [0.1, 0.15) is 27.0 Å². The van der Waals surface area contributed by atoms with Gasteiger partial charge in [-0.15, -0.1) is 0 Å². The largest absolute Gasteiger partial charge is 0.379 e. The molecule has 1 N–H and O–H groups in total. The van der Waals surface area contributed by atoms with Crippen molar-refractivity contribution in [2.75, 3.05) is 5.32 Å². The molecule has 0 saturated heterocycles. The van der Waals surface area contributed by atoms with E-state index < -0.39 is 10.1 Å². The molecule has 0 aliphatic rings. The van der Waals surface area contributed by atoms with Crippen LogP contribution in [0.3, 0.4) is 0 Å². The zero-order chi connectivity index (χ0) is 20.3. The fourth-order valence-electron chi connectivity index (χ4n) is 2.61. The van der Waals surface area contributed by atoms with E-state index in [1.54, 1.807) is 31.3 Å². The van der Waals surface area contributed by atoms with Crippen LogP contribution in [0.15, 0.2) is 65.7 Å². The molecule has 144 valence electrons. The minimum Gasteiger partial charge on any atom is -0.379 e. The van der Waals surface area contributed by atoms with E-state index in [1.807, 2.05) is 26.0 Å². The Morgan fingerprint density at radius 1 is 0.964 bits per heavy atom. The van der Waals surface area contributed by atoms with Crippen LogP contribution in [0.5, 0.6) is 5.75 Å². The Labute approximate surface area is 164 Å². The van der Waals surface area contributed by atoms with Gasteiger partial charge in [-0.25, -0.2) is 4.98 Å². The van der Waals surface area contributed by atoms with Crippen LogP contribution in [-0.4, -0.2) is 19.3 Å². The number of rotatable bonds is 5. The standard InChI is InChI=1S/C21H20N2O4S/c1-14-6-7-15(2)19(13-14)28(25,26)27-18-10-8-17(9-11-18)21(24)23-20-16(3)5-4-12-22-20/h4-13H,1-3H3,(H,22,23,24). The highest BCUT2D eigenvalue weighted by Gasteiger charge is 2.20. The predicted molar refractivity (Wildman–Crippen MR) is 107 cm³/mol. The molecule has 0 aliphatic carbocycles. The van der Waals surface area contributed by atoms with Gasteiger partial charge in [0.2, 0.25) is 0 Å². The van der Waals surface area contributed by atoms with Gasteiger partial charge in [-0.3, -0.25) is 4.79 Å². The number of hydrogen-bond donors (Lipinski definition) is 1. The molecule has 3 aromatic rings. The summed E-state index contributed by atoms with van der Waals surface area (Å²) in [7, 11) is -3.96. The quantitative estimate of drug-likeness (QED) is 0.658. The monoisotopic (exact) mass is 396 g/mol. The van der Waals surface area contributed by atoms with Gasteiger partial charge in [0.05, 0.1) is 0 Å². The number of nitrogens with zero attached hydrogens (tertiary/aromatic N) is 1. The molecule has 0 fully saturated rings. The fourth-order valence-corrected chi connectivity index (χ4v) is 3.85. The number of carbonyl (C=O) groups is 1. The Kier molecular flexibility index (Phi) is 5.46. The Bertz CT molecular complexity index is 1120. The van der Waals surface area contributed by atoms with Crippen LogP contribution in [0.2, 0.25) is 0 Å².